The summed E-state index contributed by atoms with van der Waals surface area (Å²) in [5, 5.41) is 9.07. The number of hydrogen-bond donors (Lipinski definition) is 1. The second kappa shape index (κ2) is 12.8. The Morgan fingerprint density at radius 2 is 1.09 bits per heavy atom. The predicted molar refractivity (Wildman–Crippen MR) is 125 cm³/mol. The monoisotopic (exact) mass is 456 g/mol. The Balaban J connectivity index is 6.06. The molecule has 9 heteroatoms. The molecule has 0 aliphatic rings. The van der Waals surface area contributed by atoms with Crippen molar-refractivity contribution < 1.29 is 24.3 Å². The molecule has 0 spiro atoms. The first-order chi connectivity index (χ1) is 14.6. The van der Waals surface area contributed by atoms with E-state index in [1.54, 1.807) is 14.1 Å². The summed E-state index contributed by atoms with van der Waals surface area (Å²) in [6.45, 7) is 11.0. The Labute approximate surface area is 193 Å². The highest BCUT2D eigenvalue weighted by Crippen LogP contribution is 2.22. The molecule has 0 aromatic rings. The summed E-state index contributed by atoms with van der Waals surface area (Å²) in [6, 6.07) is -1.96. The van der Waals surface area contributed by atoms with Crippen molar-refractivity contribution in [2.24, 2.45) is 17.8 Å². The molecule has 0 aliphatic heterocycles. The Morgan fingerprint density at radius 3 is 1.44 bits per heavy atom. The highest BCUT2D eigenvalue weighted by molar-refractivity contribution is 5.93. The lowest BCUT2D eigenvalue weighted by atomic mass is 9.93. The lowest BCUT2D eigenvalue weighted by Gasteiger charge is -2.40. The maximum absolute atomic E-state index is 13.6. The lowest BCUT2D eigenvalue weighted by molar-refractivity contribution is -0.155. The van der Waals surface area contributed by atoms with Gasteiger partial charge in [-0.1, -0.05) is 48.0 Å². The van der Waals surface area contributed by atoms with Crippen LogP contribution in [0.3, 0.4) is 0 Å². The zero-order chi connectivity index (χ0) is 25.5. The van der Waals surface area contributed by atoms with Crippen LogP contribution in [0.1, 0.15) is 48.0 Å². The van der Waals surface area contributed by atoms with Crippen LogP contribution >= 0.6 is 0 Å². The summed E-state index contributed by atoms with van der Waals surface area (Å²) in [6.07, 6.45) is 0.631. The van der Waals surface area contributed by atoms with Gasteiger partial charge in [-0.2, -0.15) is 0 Å². The van der Waals surface area contributed by atoms with Crippen LogP contribution < -0.4 is 0 Å². The number of hydrogen-bond acceptors (Lipinski definition) is 5. The van der Waals surface area contributed by atoms with Gasteiger partial charge < -0.3 is 19.8 Å². The fourth-order valence-electron chi connectivity index (χ4n) is 4.21. The van der Waals surface area contributed by atoms with E-state index in [-0.39, 0.29) is 35.6 Å². The summed E-state index contributed by atoms with van der Waals surface area (Å²) in [7, 11) is 8.29. The quantitative estimate of drug-likeness (QED) is 0.477. The molecule has 1 N–H and O–H groups in total. The van der Waals surface area contributed by atoms with E-state index in [0.29, 0.717) is 6.42 Å². The largest absolute Gasteiger partial charge is 0.480 e. The fraction of sp³-hybridized carbons (Fsp3) is 0.826. The highest BCUT2D eigenvalue weighted by Gasteiger charge is 2.41. The molecule has 1 unspecified atom stereocenters. The molecular formula is C23H44N4O5. The van der Waals surface area contributed by atoms with Crippen molar-refractivity contribution in [1.29, 1.82) is 0 Å². The third-order valence-corrected chi connectivity index (χ3v) is 6.04. The molecule has 0 saturated carbocycles. The van der Waals surface area contributed by atoms with Crippen LogP contribution in [0.25, 0.3) is 0 Å². The Bertz CT molecular complexity index is 657. The highest BCUT2D eigenvalue weighted by atomic mass is 16.4. The van der Waals surface area contributed by atoms with Crippen LogP contribution in [0, 0.1) is 17.8 Å². The topological polar surface area (TPSA) is 101 Å². The number of carbonyl (C=O) groups excluding carboxylic acids is 3. The molecule has 9 nitrogen and oxygen atoms in total. The number of rotatable bonds is 12. The molecular weight excluding hydrogens is 412 g/mol. The van der Waals surface area contributed by atoms with Crippen LogP contribution in [-0.2, 0) is 19.2 Å². The van der Waals surface area contributed by atoms with Crippen LogP contribution in [0.5, 0.6) is 0 Å². The van der Waals surface area contributed by atoms with Crippen LogP contribution in [0.4, 0.5) is 0 Å². The third kappa shape index (κ3) is 7.46. The average molecular weight is 457 g/mol. The number of amides is 3. The van der Waals surface area contributed by atoms with Crippen LogP contribution in [0.15, 0.2) is 0 Å². The zero-order valence-corrected chi connectivity index (χ0v) is 21.7. The van der Waals surface area contributed by atoms with E-state index in [4.69, 9.17) is 5.11 Å². The lowest BCUT2D eigenvalue weighted by Crippen LogP contribution is -2.60. The van der Waals surface area contributed by atoms with E-state index in [1.165, 1.54) is 16.8 Å². The molecule has 0 bridgehead atoms. The summed E-state index contributed by atoms with van der Waals surface area (Å²) in [5.41, 5.74) is 0. The molecule has 0 radical (unpaired) electrons. The van der Waals surface area contributed by atoms with E-state index in [9.17, 15) is 19.2 Å². The second-order valence-electron chi connectivity index (χ2n) is 9.66. The molecule has 4 atom stereocenters. The van der Waals surface area contributed by atoms with E-state index < -0.39 is 30.5 Å². The molecule has 0 aromatic carbocycles. The van der Waals surface area contributed by atoms with Gasteiger partial charge in [0.2, 0.25) is 17.7 Å². The number of carboxylic acids is 1. The minimum atomic E-state index is -1.12. The molecule has 0 rings (SSSR count). The van der Waals surface area contributed by atoms with Crippen molar-refractivity contribution in [3.8, 4) is 0 Å². The molecule has 0 saturated heterocycles. The second-order valence-corrected chi connectivity index (χ2v) is 9.66. The van der Waals surface area contributed by atoms with E-state index in [0.717, 1.165) is 4.90 Å². The molecule has 0 aliphatic carbocycles. The molecule has 0 fully saturated rings. The van der Waals surface area contributed by atoms with Gasteiger partial charge in [0.25, 0.3) is 0 Å². The molecule has 3 amide bonds. The smallest absolute Gasteiger partial charge is 0.323 e. The van der Waals surface area contributed by atoms with Gasteiger partial charge in [-0.15, -0.1) is 0 Å². The van der Waals surface area contributed by atoms with Crippen LogP contribution in [0.2, 0.25) is 0 Å². The predicted octanol–water partition coefficient (Wildman–Crippen LogP) is 1.47. The maximum atomic E-state index is 13.6. The number of likely N-dealkylation sites (N-methyl/N-ethyl adjacent to an activating group) is 4. The molecule has 0 aromatic heterocycles. The van der Waals surface area contributed by atoms with Gasteiger partial charge >= 0.3 is 5.97 Å². The standard InChI is InChI=1S/C23H44N4O5/c1-12-16(6)20(21(30)25(9)13-17(28)29)27(11)23(32)19(15(4)5)26(10)22(31)18(14(2)3)24(7)8/h14-16,18-20H,12-13H2,1-11H3,(H,28,29)/t16?,18-,19-,20-/m1/s1. The van der Waals surface area contributed by atoms with Crippen molar-refractivity contribution in [3.05, 3.63) is 0 Å². The van der Waals surface area contributed by atoms with Gasteiger partial charge in [0, 0.05) is 21.1 Å². The number of carbonyl (C=O) groups is 4. The van der Waals surface area contributed by atoms with Gasteiger partial charge in [0.15, 0.2) is 0 Å². The number of aliphatic carboxylic acids is 1. The summed E-state index contributed by atoms with van der Waals surface area (Å²) in [5.74, 6) is -2.35. The van der Waals surface area contributed by atoms with Gasteiger partial charge in [0.1, 0.15) is 18.6 Å². The first-order valence-corrected chi connectivity index (χ1v) is 11.3. The van der Waals surface area contributed by atoms with Gasteiger partial charge in [-0.3, -0.25) is 24.1 Å². The first kappa shape index (κ1) is 29.8. The molecule has 186 valence electrons. The summed E-state index contributed by atoms with van der Waals surface area (Å²) >= 11 is 0. The average Bonchev–Trinajstić information content (AvgIpc) is 2.65. The van der Waals surface area contributed by atoms with Crippen molar-refractivity contribution in [1.82, 2.24) is 19.6 Å². The molecule has 0 heterocycles. The van der Waals surface area contributed by atoms with Crippen molar-refractivity contribution >= 4 is 23.7 Å². The molecule has 32 heavy (non-hydrogen) atoms. The zero-order valence-electron chi connectivity index (χ0n) is 21.7. The van der Waals surface area contributed by atoms with Crippen molar-refractivity contribution in [2.45, 2.75) is 66.1 Å². The third-order valence-electron chi connectivity index (χ3n) is 6.04. The Hall–Kier alpha value is -2.16. The minimum Gasteiger partial charge on any atom is -0.480 e. The van der Waals surface area contributed by atoms with E-state index >= 15 is 0 Å². The van der Waals surface area contributed by atoms with Crippen LogP contribution in [-0.4, -0.2) is 108 Å². The minimum absolute atomic E-state index is 0.0553. The van der Waals surface area contributed by atoms with E-state index in [2.05, 4.69) is 0 Å². The number of carboxylic acid groups (broad SMARTS) is 1. The first-order valence-electron chi connectivity index (χ1n) is 11.3. The van der Waals surface area contributed by atoms with Crippen molar-refractivity contribution in [2.75, 3.05) is 41.8 Å². The summed E-state index contributed by atoms with van der Waals surface area (Å²) in [4.78, 5) is 57.0. The van der Waals surface area contributed by atoms with Gasteiger partial charge in [-0.05, 0) is 31.8 Å². The number of nitrogens with zero attached hydrogens (tertiary/aromatic N) is 4. The summed E-state index contributed by atoms with van der Waals surface area (Å²) < 4.78 is 0. The van der Waals surface area contributed by atoms with E-state index in [1.807, 2.05) is 60.5 Å². The Morgan fingerprint density at radius 1 is 0.688 bits per heavy atom. The van der Waals surface area contributed by atoms with Gasteiger partial charge in [-0.25, -0.2) is 0 Å². The Kier molecular flexibility index (Phi) is 11.9. The van der Waals surface area contributed by atoms with Crippen molar-refractivity contribution in [3.63, 3.8) is 0 Å². The normalized spacial score (nSPS) is 15.3. The maximum Gasteiger partial charge on any atom is 0.323 e. The van der Waals surface area contributed by atoms with Gasteiger partial charge in [0.05, 0.1) is 6.04 Å². The SMILES string of the molecule is CCC(C)[C@H](C(=O)N(C)CC(=O)O)N(C)C(=O)[C@@H](C(C)C)N(C)C(=O)[C@@H](C(C)C)N(C)C. The fourth-order valence-corrected chi connectivity index (χ4v) is 4.21.